The molecule has 1 aliphatic rings. The average molecular weight is 400 g/mol. The number of aryl methyl sites for hydroxylation is 2. The SMILES string of the molecule is C[C@H](C(=O)N[C@H]1CCCc2ccccc21)n1c2ccccc2c2cnn(C)c(=O)c21. The van der Waals surface area contributed by atoms with Gasteiger partial charge < -0.3 is 9.88 Å². The van der Waals surface area contributed by atoms with Crippen LogP contribution in [0.3, 0.4) is 0 Å². The number of para-hydroxylation sites is 1. The van der Waals surface area contributed by atoms with Crippen molar-refractivity contribution < 1.29 is 4.79 Å². The smallest absolute Gasteiger partial charge is 0.291 e. The van der Waals surface area contributed by atoms with E-state index >= 15 is 0 Å². The Morgan fingerprint density at radius 2 is 1.90 bits per heavy atom. The van der Waals surface area contributed by atoms with Gasteiger partial charge in [0.2, 0.25) is 5.91 Å². The fourth-order valence-electron chi connectivity index (χ4n) is 4.70. The predicted octanol–water partition coefficient (Wildman–Crippen LogP) is 3.64. The Morgan fingerprint density at radius 1 is 1.13 bits per heavy atom. The van der Waals surface area contributed by atoms with Gasteiger partial charge >= 0.3 is 0 Å². The van der Waals surface area contributed by atoms with Crippen LogP contribution in [0.15, 0.2) is 59.5 Å². The molecule has 2 aromatic carbocycles. The standard InChI is InChI=1S/C24H24N4O2/c1-15(23(29)26-20-12-7-9-16-8-3-4-10-17(16)20)28-21-13-6-5-11-18(21)19-14-25-27(2)24(30)22(19)28/h3-6,8,10-11,13-15,20H,7,9,12H2,1-2H3,(H,26,29)/t15-,20+/m1/s1. The molecule has 6 heteroatoms. The number of nitrogens with zero attached hydrogens (tertiary/aromatic N) is 3. The molecule has 2 heterocycles. The van der Waals surface area contributed by atoms with Gasteiger partial charge in [0.1, 0.15) is 11.6 Å². The van der Waals surface area contributed by atoms with Crippen molar-refractivity contribution in [3.05, 3.63) is 76.2 Å². The molecule has 0 fully saturated rings. The lowest BCUT2D eigenvalue weighted by atomic mass is 9.87. The Labute approximate surface area is 174 Å². The molecular formula is C24H24N4O2. The minimum absolute atomic E-state index is 0.00231. The van der Waals surface area contributed by atoms with Crippen LogP contribution in [0.5, 0.6) is 0 Å². The highest BCUT2D eigenvalue weighted by atomic mass is 16.2. The van der Waals surface area contributed by atoms with Crippen LogP contribution in [-0.4, -0.2) is 20.3 Å². The van der Waals surface area contributed by atoms with Crippen LogP contribution in [-0.2, 0) is 18.3 Å². The molecule has 2 atom stereocenters. The molecule has 1 N–H and O–H groups in total. The van der Waals surface area contributed by atoms with Gasteiger partial charge in [0, 0.05) is 17.8 Å². The summed E-state index contributed by atoms with van der Waals surface area (Å²) in [6.45, 7) is 1.86. The van der Waals surface area contributed by atoms with Crippen molar-refractivity contribution >= 4 is 27.7 Å². The van der Waals surface area contributed by atoms with Crippen LogP contribution in [0.1, 0.15) is 43.0 Å². The van der Waals surface area contributed by atoms with Crippen molar-refractivity contribution in [3.63, 3.8) is 0 Å². The zero-order chi connectivity index (χ0) is 20.8. The summed E-state index contributed by atoms with van der Waals surface area (Å²) < 4.78 is 3.18. The summed E-state index contributed by atoms with van der Waals surface area (Å²) >= 11 is 0. The van der Waals surface area contributed by atoms with Crippen molar-refractivity contribution in [2.75, 3.05) is 0 Å². The molecule has 4 aromatic rings. The van der Waals surface area contributed by atoms with Gasteiger partial charge in [0.05, 0.1) is 17.8 Å². The van der Waals surface area contributed by atoms with Crippen molar-refractivity contribution in [2.45, 2.75) is 38.3 Å². The molecule has 0 bridgehead atoms. The lowest BCUT2D eigenvalue weighted by Crippen LogP contribution is -2.36. The lowest BCUT2D eigenvalue weighted by Gasteiger charge is -2.28. The van der Waals surface area contributed by atoms with Crippen molar-refractivity contribution in [2.24, 2.45) is 7.05 Å². The predicted molar refractivity (Wildman–Crippen MR) is 117 cm³/mol. The molecule has 6 nitrogen and oxygen atoms in total. The maximum Gasteiger partial charge on any atom is 0.291 e. The van der Waals surface area contributed by atoms with Crippen molar-refractivity contribution in [1.29, 1.82) is 0 Å². The van der Waals surface area contributed by atoms with Gasteiger partial charge in [-0.2, -0.15) is 5.10 Å². The van der Waals surface area contributed by atoms with Gasteiger partial charge in [-0.3, -0.25) is 9.59 Å². The number of carbonyl (C=O) groups excluding carboxylic acids is 1. The number of carbonyl (C=O) groups is 1. The molecule has 1 aliphatic carbocycles. The number of hydrogen-bond acceptors (Lipinski definition) is 3. The van der Waals surface area contributed by atoms with Crippen LogP contribution in [0, 0.1) is 0 Å². The second-order valence-electron chi connectivity index (χ2n) is 8.05. The van der Waals surface area contributed by atoms with Crippen molar-refractivity contribution in [1.82, 2.24) is 19.7 Å². The summed E-state index contributed by atoms with van der Waals surface area (Å²) in [5.74, 6) is -0.0850. The molecule has 152 valence electrons. The molecule has 30 heavy (non-hydrogen) atoms. The number of aromatic nitrogens is 3. The maximum atomic E-state index is 13.3. The van der Waals surface area contributed by atoms with Gasteiger partial charge in [0.15, 0.2) is 0 Å². The van der Waals surface area contributed by atoms with E-state index in [-0.39, 0.29) is 17.5 Å². The maximum absolute atomic E-state index is 13.3. The first-order chi connectivity index (χ1) is 14.6. The zero-order valence-corrected chi connectivity index (χ0v) is 17.1. The Bertz CT molecular complexity index is 1330. The van der Waals surface area contributed by atoms with Crippen LogP contribution < -0.4 is 10.9 Å². The van der Waals surface area contributed by atoms with Gasteiger partial charge in [-0.05, 0) is 43.4 Å². The fourth-order valence-corrected chi connectivity index (χ4v) is 4.70. The average Bonchev–Trinajstić information content (AvgIpc) is 3.11. The highest BCUT2D eigenvalue weighted by Crippen LogP contribution is 2.32. The number of rotatable bonds is 3. The third-order valence-electron chi connectivity index (χ3n) is 6.26. The summed E-state index contributed by atoms with van der Waals surface area (Å²) in [7, 11) is 1.63. The summed E-state index contributed by atoms with van der Waals surface area (Å²) in [5.41, 5.74) is 3.68. The van der Waals surface area contributed by atoms with Gasteiger partial charge in [0.25, 0.3) is 5.56 Å². The molecule has 0 saturated carbocycles. The number of nitrogens with one attached hydrogen (secondary N) is 1. The topological polar surface area (TPSA) is 68.9 Å². The van der Waals surface area contributed by atoms with E-state index in [9.17, 15) is 9.59 Å². The second-order valence-corrected chi connectivity index (χ2v) is 8.05. The number of amides is 1. The molecule has 0 radical (unpaired) electrons. The van der Waals surface area contributed by atoms with Gasteiger partial charge in [-0.1, -0.05) is 42.5 Å². The Hall–Kier alpha value is -3.41. The van der Waals surface area contributed by atoms with Crippen LogP contribution in [0.2, 0.25) is 0 Å². The minimum Gasteiger partial charge on any atom is -0.347 e. The first-order valence-corrected chi connectivity index (χ1v) is 10.4. The minimum atomic E-state index is -0.531. The normalized spacial score (nSPS) is 17.1. The molecular weight excluding hydrogens is 376 g/mol. The van der Waals surface area contributed by atoms with Crippen LogP contribution >= 0.6 is 0 Å². The molecule has 0 saturated heterocycles. The van der Waals surface area contributed by atoms with Crippen LogP contribution in [0.25, 0.3) is 21.8 Å². The summed E-state index contributed by atoms with van der Waals surface area (Å²) in [6, 6.07) is 15.6. The fraction of sp³-hybridized carbons (Fsp3) is 0.292. The van der Waals surface area contributed by atoms with E-state index in [4.69, 9.17) is 0 Å². The zero-order valence-electron chi connectivity index (χ0n) is 17.1. The monoisotopic (exact) mass is 400 g/mol. The van der Waals surface area contributed by atoms with E-state index in [1.807, 2.05) is 47.9 Å². The van der Waals surface area contributed by atoms with E-state index in [0.717, 1.165) is 35.6 Å². The molecule has 0 unspecified atom stereocenters. The van der Waals surface area contributed by atoms with E-state index in [1.165, 1.54) is 15.8 Å². The summed E-state index contributed by atoms with van der Waals surface area (Å²) in [5, 5.41) is 9.13. The molecule has 1 amide bonds. The number of benzene rings is 2. The number of fused-ring (bicyclic) bond motifs is 4. The Balaban J connectivity index is 1.58. The van der Waals surface area contributed by atoms with E-state index < -0.39 is 6.04 Å². The molecule has 0 aliphatic heterocycles. The van der Waals surface area contributed by atoms with Gasteiger partial charge in [-0.25, -0.2) is 4.68 Å². The first kappa shape index (κ1) is 18.6. The summed E-state index contributed by atoms with van der Waals surface area (Å²) in [4.78, 5) is 26.3. The first-order valence-electron chi connectivity index (χ1n) is 10.4. The van der Waals surface area contributed by atoms with Crippen LogP contribution in [0.4, 0.5) is 0 Å². The quantitative estimate of drug-likeness (QED) is 0.571. The third-order valence-corrected chi connectivity index (χ3v) is 6.26. The van der Waals surface area contributed by atoms with E-state index in [1.54, 1.807) is 13.2 Å². The van der Waals surface area contributed by atoms with Gasteiger partial charge in [-0.15, -0.1) is 0 Å². The van der Waals surface area contributed by atoms with E-state index in [2.05, 4.69) is 22.5 Å². The third kappa shape index (κ3) is 2.83. The molecule has 2 aromatic heterocycles. The number of hydrogen-bond donors (Lipinski definition) is 1. The second kappa shape index (κ2) is 7.13. The highest BCUT2D eigenvalue weighted by Gasteiger charge is 2.27. The highest BCUT2D eigenvalue weighted by molar-refractivity contribution is 6.08. The Morgan fingerprint density at radius 3 is 2.77 bits per heavy atom. The summed E-state index contributed by atoms with van der Waals surface area (Å²) in [6.07, 6.45) is 4.73. The van der Waals surface area contributed by atoms with E-state index in [0.29, 0.717) is 5.52 Å². The van der Waals surface area contributed by atoms with Crippen molar-refractivity contribution in [3.8, 4) is 0 Å². The lowest BCUT2D eigenvalue weighted by molar-refractivity contribution is -0.124. The molecule has 5 rings (SSSR count). The Kier molecular flexibility index (Phi) is 4.42. The largest absolute Gasteiger partial charge is 0.347 e. The molecule has 0 spiro atoms.